The van der Waals surface area contributed by atoms with Crippen molar-refractivity contribution >= 4 is 34.8 Å². The van der Waals surface area contributed by atoms with Crippen molar-refractivity contribution in [1.82, 2.24) is 0 Å². The van der Waals surface area contributed by atoms with E-state index in [1.807, 2.05) is 0 Å². The maximum absolute atomic E-state index is 13.5. The average molecular weight is 393 g/mol. The van der Waals surface area contributed by atoms with Crippen LogP contribution in [0, 0.1) is 28.9 Å². The number of nitro groups is 1. The Morgan fingerprint density at radius 3 is 2.69 bits per heavy atom. The van der Waals surface area contributed by atoms with Gasteiger partial charge in [0, 0.05) is 17.7 Å². The van der Waals surface area contributed by atoms with Crippen LogP contribution in [-0.4, -0.2) is 29.2 Å². The second-order valence-electron chi connectivity index (χ2n) is 7.63. The smallest absolute Gasteiger partial charge is 0.291 e. The SMILES string of the molecule is Cc1ccc([N+](=O)[O-])cc1N1C(=O)[C@H]2C[NH2+][C@@]3(C(=O)Nc4ccccc43)[C@@H]2C1=O. The molecule has 3 amide bonds. The maximum atomic E-state index is 13.5. The first-order valence-corrected chi connectivity index (χ1v) is 9.24. The van der Waals surface area contributed by atoms with Gasteiger partial charge in [-0.1, -0.05) is 24.3 Å². The highest BCUT2D eigenvalue weighted by molar-refractivity contribution is 6.25. The molecule has 3 aliphatic heterocycles. The molecule has 0 bridgehead atoms. The maximum Gasteiger partial charge on any atom is 0.291 e. The topological polar surface area (TPSA) is 126 Å². The van der Waals surface area contributed by atoms with Crippen LogP contribution in [0.1, 0.15) is 11.1 Å². The monoisotopic (exact) mass is 393 g/mol. The predicted octanol–water partition coefficient (Wildman–Crippen LogP) is 0.433. The molecule has 1 spiro atoms. The summed E-state index contributed by atoms with van der Waals surface area (Å²) in [5.41, 5.74) is 0.707. The van der Waals surface area contributed by atoms with Gasteiger partial charge in [0.15, 0.2) is 0 Å². The molecule has 0 saturated carbocycles. The van der Waals surface area contributed by atoms with Crippen LogP contribution in [0.5, 0.6) is 0 Å². The Hall–Kier alpha value is -3.59. The fraction of sp³-hybridized carbons (Fsp3) is 0.250. The van der Waals surface area contributed by atoms with Crippen molar-refractivity contribution in [2.45, 2.75) is 12.5 Å². The van der Waals surface area contributed by atoms with Crippen LogP contribution >= 0.6 is 0 Å². The summed E-state index contributed by atoms with van der Waals surface area (Å²) < 4.78 is 0. The lowest BCUT2D eigenvalue weighted by molar-refractivity contribution is -0.703. The standard InChI is InChI=1S/C20H16N4O5/c1-10-6-7-11(24(28)29)8-15(10)23-17(25)12-9-21-20(16(12)18(23)26)13-4-2-3-5-14(13)22-19(20)27/h2-8,12,16,21H,9H2,1H3,(H,22,27)/p+1/t12-,16-,20+/m0/s1. The number of para-hydroxylation sites is 1. The summed E-state index contributed by atoms with van der Waals surface area (Å²) in [5.74, 6) is -2.77. The summed E-state index contributed by atoms with van der Waals surface area (Å²) in [6.07, 6.45) is 0. The van der Waals surface area contributed by atoms with Crippen LogP contribution in [0.15, 0.2) is 42.5 Å². The molecule has 3 heterocycles. The van der Waals surface area contributed by atoms with Crippen LogP contribution in [0.3, 0.4) is 0 Å². The summed E-state index contributed by atoms with van der Waals surface area (Å²) >= 11 is 0. The number of carbonyl (C=O) groups excluding carboxylic acids is 3. The molecule has 3 atom stereocenters. The summed E-state index contributed by atoms with van der Waals surface area (Å²) in [6, 6.07) is 11.3. The van der Waals surface area contributed by atoms with Crippen LogP contribution in [-0.2, 0) is 19.9 Å². The number of imide groups is 1. The number of hydrogen-bond donors (Lipinski definition) is 2. The molecule has 0 aliphatic carbocycles. The molecule has 9 heteroatoms. The van der Waals surface area contributed by atoms with Gasteiger partial charge in [-0.05, 0) is 18.6 Å². The van der Waals surface area contributed by atoms with Crippen LogP contribution < -0.4 is 15.5 Å². The van der Waals surface area contributed by atoms with Crippen molar-refractivity contribution < 1.29 is 24.6 Å². The number of nitrogens with one attached hydrogen (secondary N) is 1. The summed E-state index contributed by atoms with van der Waals surface area (Å²) in [4.78, 5) is 51.3. The number of hydrogen-bond acceptors (Lipinski definition) is 5. The fourth-order valence-electron chi connectivity index (χ4n) is 4.92. The molecule has 3 aliphatic rings. The van der Waals surface area contributed by atoms with Crippen molar-refractivity contribution in [1.29, 1.82) is 0 Å². The Labute approximate surface area is 164 Å². The van der Waals surface area contributed by atoms with Gasteiger partial charge in [-0.15, -0.1) is 0 Å². The third kappa shape index (κ3) is 2.10. The first-order chi connectivity index (χ1) is 13.9. The number of nitrogens with zero attached hydrogens (tertiary/aromatic N) is 2. The largest absolute Gasteiger partial charge is 0.328 e. The summed E-state index contributed by atoms with van der Waals surface area (Å²) in [7, 11) is 0. The molecule has 2 saturated heterocycles. The van der Waals surface area contributed by atoms with Gasteiger partial charge < -0.3 is 10.6 Å². The molecule has 5 rings (SSSR count). The number of nitrogens with two attached hydrogens (primary N) is 1. The van der Waals surface area contributed by atoms with Gasteiger partial charge in [0.25, 0.3) is 11.6 Å². The van der Waals surface area contributed by atoms with E-state index in [2.05, 4.69) is 5.32 Å². The van der Waals surface area contributed by atoms with E-state index in [0.717, 1.165) is 4.90 Å². The average Bonchev–Trinajstić information content (AvgIpc) is 3.30. The quantitative estimate of drug-likeness (QED) is 0.435. The van der Waals surface area contributed by atoms with E-state index in [-0.39, 0.29) is 17.3 Å². The molecular weight excluding hydrogens is 376 g/mol. The normalized spacial score (nSPS) is 27.3. The number of anilines is 2. The Bertz CT molecular complexity index is 1130. The van der Waals surface area contributed by atoms with E-state index in [4.69, 9.17) is 0 Å². The van der Waals surface area contributed by atoms with Crippen molar-refractivity contribution in [3.8, 4) is 0 Å². The number of non-ortho nitro benzene ring substituents is 1. The van der Waals surface area contributed by atoms with Crippen molar-refractivity contribution in [2.24, 2.45) is 11.8 Å². The number of benzene rings is 2. The zero-order valence-corrected chi connectivity index (χ0v) is 15.4. The van der Waals surface area contributed by atoms with Gasteiger partial charge in [-0.25, -0.2) is 4.90 Å². The molecular formula is C20H17N4O5+. The number of rotatable bonds is 2. The second kappa shape index (κ2) is 5.71. The first kappa shape index (κ1) is 17.5. The number of aryl methyl sites for hydroxylation is 1. The molecule has 9 nitrogen and oxygen atoms in total. The minimum Gasteiger partial charge on any atom is -0.328 e. The fourth-order valence-corrected chi connectivity index (χ4v) is 4.92. The third-order valence-corrected chi connectivity index (χ3v) is 6.25. The third-order valence-electron chi connectivity index (χ3n) is 6.25. The van der Waals surface area contributed by atoms with Gasteiger partial charge in [0.1, 0.15) is 11.8 Å². The lowest BCUT2D eigenvalue weighted by atomic mass is 9.77. The summed E-state index contributed by atoms with van der Waals surface area (Å²) in [6.45, 7) is 1.98. The van der Waals surface area contributed by atoms with Gasteiger partial charge in [-0.2, -0.15) is 0 Å². The molecule has 2 fully saturated rings. The highest BCUT2D eigenvalue weighted by Gasteiger charge is 2.71. The minimum absolute atomic E-state index is 0.199. The van der Waals surface area contributed by atoms with Crippen LogP contribution in [0.25, 0.3) is 0 Å². The van der Waals surface area contributed by atoms with Gasteiger partial charge in [-0.3, -0.25) is 24.5 Å². The Morgan fingerprint density at radius 1 is 1.17 bits per heavy atom. The molecule has 0 unspecified atom stereocenters. The Balaban J connectivity index is 1.63. The minimum atomic E-state index is -1.20. The molecule has 146 valence electrons. The number of carbonyl (C=O) groups is 3. The summed E-state index contributed by atoms with van der Waals surface area (Å²) in [5, 5.41) is 15.8. The van der Waals surface area contributed by atoms with E-state index in [1.165, 1.54) is 18.2 Å². The van der Waals surface area contributed by atoms with Crippen molar-refractivity contribution in [3.63, 3.8) is 0 Å². The Morgan fingerprint density at radius 2 is 1.93 bits per heavy atom. The molecule has 0 radical (unpaired) electrons. The van der Waals surface area contributed by atoms with Crippen LogP contribution in [0.2, 0.25) is 0 Å². The van der Waals surface area contributed by atoms with Gasteiger partial charge in [0.2, 0.25) is 17.4 Å². The lowest BCUT2D eigenvalue weighted by Crippen LogP contribution is -2.95. The van der Waals surface area contributed by atoms with Crippen molar-refractivity contribution in [2.75, 3.05) is 16.8 Å². The van der Waals surface area contributed by atoms with Gasteiger partial charge >= 0.3 is 0 Å². The Kier molecular flexibility index (Phi) is 3.45. The van der Waals surface area contributed by atoms with Gasteiger partial charge in [0.05, 0.1) is 22.8 Å². The van der Waals surface area contributed by atoms with Crippen LogP contribution in [0.4, 0.5) is 17.1 Å². The number of quaternary nitrogens is 1. The predicted molar refractivity (Wildman–Crippen MR) is 101 cm³/mol. The molecule has 0 aromatic heterocycles. The first-order valence-electron chi connectivity index (χ1n) is 9.24. The molecule has 3 N–H and O–H groups in total. The number of nitro benzene ring substituents is 1. The van der Waals surface area contributed by atoms with E-state index in [9.17, 15) is 24.5 Å². The van der Waals surface area contributed by atoms with E-state index < -0.39 is 34.1 Å². The highest BCUT2D eigenvalue weighted by Crippen LogP contribution is 2.48. The molecule has 29 heavy (non-hydrogen) atoms. The lowest BCUT2D eigenvalue weighted by Gasteiger charge is -2.25. The van der Waals surface area contributed by atoms with E-state index in [1.54, 1.807) is 36.5 Å². The second-order valence-corrected chi connectivity index (χ2v) is 7.63. The highest BCUT2D eigenvalue weighted by atomic mass is 16.6. The van der Waals surface area contributed by atoms with Crippen molar-refractivity contribution in [3.05, 3.63) is 63.7 Å². The number of amides is 3. The molecule has 2 aromatic carbocycles. The number of fused-ring (bicyclic) bond motifs is 4. The molecule has 2 aromatic rings. The zero-order valence-electron chi connectivity index (χ0n) is 15.4. The van der Waals surface area contributed by atoms with E-state index >= 15 is 0 Å². The zero-order chi connectivity index (χ0) is 20.5. The van der Waals surface area contributed by atoms with E-state index in [0.29, 0.717) is 23.4 Å².